The topological polar surface area (TPSA) is 97.0 Å². The number of fused-ring (bicyclic) bond motifs is 3. The Morgan fingerprint density at radius 3 is 0.971 bits per heavy atom. The zero-order chi connectivity index (χ0) is 46.6. The molecule has 1 unspecified atom stereocenters. The Hall–Kier alpha value is -5.06. The predicted molar refractivity (Wildman–Crippen MR) is 274 cm³/mol. The molecule has 0 spiro atoms. The fourth-order valence-electron chi connectivity index (χ4n) is 8.21. The van der Waals surface area contributed by atoms with E-state index in [9.17, 15) is 27.6 Å². The Morgan fingerprint density at radius 1 is 0.456 bits per heavy atom. The first-order chi connectivity index (χ1) is 31.9. The summed E-state index contributed by atoms with van der Waals surface area (Å²) in [6, 6.07) is 20.3. The van der Waals surface area contributed by atoms with Crippen LogP contribution in [-0.2, 0) is 39.3 Å². The van der Waals surface area contributed by atoms with Gasteiger partial charge in [0.25, 0.3) is 0 Å². The van der Waals surface area contributed by atoms with Gasteiger partial charge in [-0.3, -0.25) is 0 Å². The van der Waals surface area contributed by atoms with E-state index in [0.717, 1.165) is 52.6 Å². The molecule has 3 aromatic carbocycles. The second-order valence-corrected chi connectivity index (χ2v) is 19.6. The van der Waals surface area contributed by atoms with Crippen LogP contribution in [0.4, 0.5) is 27.6 Å². The van der Waals surface area contributed by atoms with E-state index < -0.39 is 0 Å². The van der Waals surface area contributed by atoms with Crippen molar-refractivity contribution in [1.29, 1.82) is 0 Å². The Bertz CT molecular complexity index is 2260. The van der Waals surface area contributed by atoms with Gasteiger partial charge in [0, 0.05) is 58.9 Å². The lowest BCUT2D eigenvalue weighted by Crippen LogP contribution is -2.37. The second-order valence-electron chi connectivity index (χ2n) is 17.2. The number of urea groups is 3. The fraction of sp³-hybridized carbons (Fsp3) is 0.353. The standard InChI is InChI=1S/3C17H19FN2OS.2ClH/c3*1-12(14-5-7-22-11-14)4-6-19-17(21)20-9-13-2-3-16(18)8-15(13)10-20;;/h3*2-3,5,7-8,11-12H,4,6,9-10H2,1H3,(H,19,21);2*1H/t2*12-;;;/m10.../s1. The highest BCUT2D eigenvalue weighted by Gasteiger charge is 2.26. The number of thiophene rings is 3. The van der Waals surface area contributed by atoms with Gasteiger partial charge in [0.15, 0.2) is 0 Å². The molecule has 68 heavy (non-hydrogen) atoms. The first-order valence-electron chi connectivity index (χ1n) is 22.4. The third-order valence-corrected chi connectivity index (χ3v) is 14.5. The van der Waals surface area contributed by atoms with E-state index in [1.165, 1.54) is 53.1 Å². The molecule has 9 nitrogen and oxygen atoms in total. The molecule has 6 amide bonds. The highest BCUT2D eigenvalue weighted by molar-refractivity contribution is 7.08. The molecule has 0 saturated heterocycles. The van der Waals surface area contributed by atoms with Crippen molar-refractivity contribution < 1.29 is 27.6 Å². The Morgan fingerprint density at radius 2 is 0.721 bits per heavy atom. The molecule has 9 rings (SSSR count). The van der Waals surface area contributed by atoms with Crippen LogP contribution in [0.2, 0.25) is 0 Å². The van der Waals surface area contributed by atoms with Crippen LogP contribution in [-0.4, -0.2) is 52.4 Å². The van der Waals surface area contributed by atoms with Gasteiger partial charge in [-0.15, -0.1) is 24.8 Å². The summed E-state index contributed by atoms with van der Waals surface area (Å²) in [6.45, 7) is 11.6. The molecule has 17 heteroatoms. The molecule has 0 radical (unpaired) electrons. The number of hydrogen-bond donors (Lipinski definition) is 3. The van der Waals surface area contributed by atoms with Crippen molar-refractivity contribution in [3.05, 3.63) is 173 Å². The summed E-state index contributed by atoms with van der Waals surface area (Å²) in [5.41, 5.74) is 9.77. The maximum atomic E-state index is 13.2. The molecule has 0 fully saturated rings. The highest BCUT2D eigenvalue weighted by Crippen LogP contribution is 2.27. The maximum Gasteiger partial charge on any atom is 0.318 e. The molecule has 364 valence electrons. The van der Waals surface area contributed by atoms with Gasteiger partial charge >= 0.3 is 18.1 Å². The summed E-state index contributed by atoms with van der Waals surface area (Å²) in [5, 5.41) is 21.6. The van der Waals surface area contributed by atoms with Crippen molar-refractivity contribution >= 4 is 76.9 Å². The van der Waals surface area contributed by atoms with Crippen LogP contribution in [0, 0.1) is 17.5 Å². The number of nitrogens with one attached hydrogen (secondary N) is 3. The molecule has 0 saturated carbocycles. The molecule has 6 heterocycles. The molecule has 0 aliphatic carbocycles. The Labute approximate surface area is 422 Å². The largest absolute Gasteiger partial charge is 0.338 e. The van der Waals surface area contributed by atoms with Gasteiger partial charge in [-0.05, 0) is 174 Å². The number of rotatable bonds is 12. The summed E-state index contributed by atoms with van der Waals surface area (Å²) >= 11 is 5.09. The molecule has 6 aromatic rings. The smallest absolute Gasteiger partial charge is 0.318 e. The zero-order valence-electron chi connectivity index (χ0n) is 38.4. The van der Waals surface area contributed by atoms with Crippen molar-refractivity contribution in [3.8, 4) is 0 Å². The van der Waals surface area contributed by atoms with Crippen LogP contribution >= 0.6 is 58.8 Å². The van der Waals surface area contributed by atoms with Crippen molar-refractivity contribution in [2.45, 2.75) is 97.1 Å². The third-order valence-electron chi connectivity index (χ3n) is 12.4. The lowest BCUT2D eigenvalue weighted by atomic mass is 10.0. The van der Waals surface area contributed by atoms with E-state index in [1.54, 1.807) is 66.9 Å². The van der Waals surface area contributed by atoms with Crippen LogP contribution in [0.1, 0.15) is 108 Å². The van der Waals surface area contributed by atoms with E-state index in [2.05, 4.69) is 87.2 Å². The minimum absolute atomic E-state index is 0. The minimum Gasteiger partial charge on any atom is -0.338 e. The van der Waals surface area contributed by atoms with Crippen molar-refractivity contribution in [2.24, 2.45) is 0 Å². The lowest BCUT2D eigenvalue weighted by Gasteiger charge is -2.17. The first kappa shape index (κ1) is 53.9. The van der Waals surface area contributed by atoms with E-state index >= 15 is 0 Å². The van der Waals surface area contributed by atoms with Crippen molar-refractivity contribution in [2.75, 3.05) is 19.6 Å². The summed E-state index contributed by atoms with van der Waals surface area (Å²) < 4.78 is 39.6. The van der Waals surface area contributed by atoms with Gasteiger partial charge in [-0.25, -0.2) is 27.6 Å². The minimum atomic E-state index is -0.245. The summed E-state index contributed by atoms with van der Waals surface area (Å²) in [5.74, 6) is 0.589. The van der Waals surface area contributed by atoms with E-state index in [-0.39, 0.29) is 60.4 Å². The molecule has 3 aliphatic heterocycles. The summed E-state index contributed by atoms with van der Waals surface area (Å²) in [4.78, 5) is 41.7. The molecule has 3 aliphatic rings. The monoisotopic (exact) mass is 1030 g/mol. The maximum absolute atomic E-state index is 13.2. The summed E-state index contributed by atoms with van der Waals surface area (Å²) in [7, 11) is 0. The molecule has 3 atom stereocenters. The van der Waals surface area contributed by atoms with Crippen LogP contribution in [0.15, 0.2) is 105 Å². The van der Waals surface area contributed by atoms with Gasteiger partial charge in [0.1, 0.15) is 17.5 Å². The Balaban J connectivity index is 0.000000188. The Kier molecular flexibility index (Phi) is 20.7. The second kappa shape index (κ2) is 26.1. The molecular formula is C51H59Cl2F3N6O3S3. The number of benzene rings is 3. The molecule has 0 bridgehead atoms. The number of carbonyl (C=O) groups excluding carboxylic acids is 3. The number of hydrogen-bond acceptors (Lipinski definition) is 6. The van der Waals surface area contributed by atoms with E-state index in [1.807, 2.05) is 0 Å². The first-order valence-corrected chi connectivity index (χ1v) is 25.2. The van der Waals surface area contributed by atoms with Crippen molar-refractivity contribution in [3.63, 3.8) is 0 Å². The average Bonchev–Trinajstić information content (AvgIpc) is 4.17. The van der Waals surface area contributed by atoms with Crippen LogP contribution in [0.5, 0.6) is 0 Å². The van der Waals surface area contributed by atoms with Crippen LogP contribution < -0.4 is 16.0 Å². The van der Waals surface area contributed by atoms with Crippen LogP contribution in [0.3, 0.4) is 0 Å². The number of carbonyl (C=O) groups is 3. The van der Waals surface area contributed by atoms with Crippen molar-refractivity contribution in [1.82, 2.24) is 30.7 Å². The highest BCUT2D eigenvalue weighted by atomic mass is 35.5. The summed E-state index contributed by atoms with van der Waals surface area (Å²) in [6.07, 6.45) is 2.74. The third kappa shape index (κ3) is 15.0. The van der Waals surface area contributed by atoms with E-state index in [0.29, 0.717) is 76.7 Å². The van der Waals surface area contributed by atoms with E-state index in [4.69, 9.17) is 0 Å². The molecule has 3 N–H and O–H groups in total. The SMILES string of the molecule is CC(CCNC(=O)N1Cc2ccc(F)cc2C1)c1ccsc1.C[C@@H](CCNC(=O)N1Cc2ccc(F)cc2C1)c1ccsc1.C[C@H](CCNC(=O)N1Cc2ccc(F)cc2C1)c1ccsc1.Cl.Cl. The van der Waals surface area contributed by atoms with Crippen LogP contribution in [0.25, 0.3) is 0 Å². The number of halogens is 5. The van der Waals surface area contributed by atoms with Gasteiger partial charge in [0.05, 0.1) is 0 Å². The van der Waals surface area contributed by atoms with Gasteiger partial charge < -0.3 is 30.7 Å². The van der Waals surface area contributed by atoms with Gasteiger partial charge in [-0.2, -0.15) is 34.0 Å². The quantitative estimate of drug-likeness (QED) is 0.114. The fourth-order valence-corrected chi connectivity index (χ4v) is 10.6. The average molecular weight is 1030 g/mol. The lowest BCUT2D eigenvalue weighted by molar-refractivity contribution is 0.197. The zero-order valence-corrected chi connectivity index (χ0v) is 42.4. The normalized spacial score (nSPS) is 14.3. The molecule has 3 aromatic heterocycles. The predicted octanol–water partition coefficient (Wildman–Crippen LogP) is 13.2. The molecular weight excluding hydrogens is 969 g/mol. The van der Waals surface area contributed by atoms with Gasteiger partial charge in [-0.1, -0.05) is 39.0 Å². The number of nitrogens with zero attached hydrogens (tertiary/aromatic N) is 3. The number of amides is 6. The van der Waals surface area contributed by atoms with Gasteiger partial charge in [0.2, 0.25) is 0 Å².